The lowest BCUT2D eigenvalue weighted by Gasteiger charge is -2.29. The van der Waals surface area contributed by atoms with Crippen LogP contribution in [-0.4, -0.2) is 17.0 Å². The number of rotatable bonds is 2. The number of carbonyl (C=O) groups excluding carboxylic acids is 1. The summed E-state index contributed by atoms with van der Waals surface area (Å²) in [5, 5.41) is 10.0. The Balaban J connectivity index is 2.28. The number of carbonyl (C=O) groups is 1. The maximum Gasteiger partial charge on any atom is 0.168 e. The number of aliphatic hydroxyl groups excluding tert-OH is 1. The fourth-order valence-corrected chi connectivity index (χ4v) is 2.41. The summed E-state index contributed by atoms with van der Waals surface area (Å²) < 4.78 is 0. The third kappa shape index (κ3) is 1.90. The highest BCUT2D eigenvalue weighted by atomic mass is 16.3. The van der Waals surface area contributed by atoms with E-state index in [1.165, 1.54) is 0 Å². The molecule has 0 bridgehead atoms. The number of ketones is 1. The minimum atomic E-state index is -0.513. The first kappa shape index (κ1) is 11.3. The molecule has 16 heavy (non-hydrogen) atoms. The summed E-state index contributed by atoms with van der Waals surface area (Å²) in [5.41, 5.74) is 1.93. The van der Waals surface area contributed by atoms with Crippen molar-refractivity contribution < 1.29 is 9.90 Å². The van der Waals surface area contributed by atoms with Gasteiger partial charge in [-0.05, 0) is 24.3 Å². The Morgan fingerprint density at radius 3 is 2.69 bits per heavy atom. The predicted octanol–water partition coefficient (Wildman–Crippen LogP) is 2.45. The van der Waals surface area contributed by atoms with Gasteiger partial charge in [0.05, 0.1) is 6.10 Å². The smallest absolute Gasteiger partial charge is 0.168 e. The first-order chi connectivity index (χ1) is 7.61. The summed E-state index contributed by atoms with van der Waals surface area (Å²) in [6.07, 6.45) is 1.16. The van der Waals surface area contributed by atoms with Gasteiger partial charge >= 0.3 is 0 Å². The van der Waals surface area contributed by atoms with Crippen molar-refractivity contribution in [2.45, 2.75) is 32.8 Å². The van der Waals surface area contributed by atoms with Crippen molar-refractivity contribution in [3.8, 4) is 0 Å². The molecule has 0 fully saturated rings. The van der Waals surface area contributed by atoms with Crippen LogP contribution >= 0.6 is 0 Å². The van der Waals surface area contributed by atoms with E-state index in [9.17, 15) is 9.90 Å². The van der Waals surface area contributed by atoms with Crippen LogP contribution in [0.2, 0.25) is 0 Å². The first-order valence-electron chi connectivity index (χ1n) is 5.91. The molecule has 0 saturated carbocycles. The lowest BCUT2D eigenvalue weighted by Crippen LogP contribution is -2.35. The van der Waals surface area contributed by atoms with Gasteiger partial charge in [0, 0.05) is 11.5 Å². The third-order valence-electron chi connectivity index (χ3n) is 3.44. The Labute approximate surface area is 96.3 Å². The predicted molar refractivity (Wildman–Crippen MR) is 63.4 cm³/mol. The van der Waals surface area contributed by atoms with Gasteiger partial charge in [0.1, 0.15) is 0 Å². The summed E-state index contributed by atoms with van der Waals surface area (Å²) in [6.45, 7) is 3.91. The molecule has 1 aromatic carbocycles. The van der Waals surface area contributed by atoms with E-state index >= 15 is 0 Å². The van der Waals surface area contributed by atoms with Crippen LogP contribution in [0.15, 0.2) is 24.3 Å². The van der Waals surface area contributed by atoms with E-state index in [-0.39, 0.29) is 17.6 Å². The highest BCUT2D eigenvalue weighted by Gasteiger charge is 2.33. The van der Waals surface area contributed by atoms with E-state index in [1.54, 1.807) is 0 Å². The SMILES string of the molecule is CC(C)[C@H](O)[C@H]1CCc2ccccc2C1=O. The van der Waals surface area contributed by atoms with Gasteiger partial charge in [-0.25, -0.2) is 0 Å². The van der Waals surface area contributed by atoms with Crippen molar-refractivity contribution in [2.75, 3.05) is 0 Å². The van der Waals surface area contributed by atoms with Crippen LogP contribution in [-0.2, 0) is 6.42 Å². The van der Waals surface area contributed by atoms with E-state index < -0.39 is 6.10 Å². The van der Waals surface area contributed by atoms with Crippen molar-refractivity contribution in [1.29, 1.82) is 0 Å². The number of hydrogen-bond donors (Lipinski definition) is 1. The second-order valence-electron chi connectivity index (χ2n) is 4.90. The second-order valence-corrected chi connectivity index (χ2v) is 4.90. The van der Waals surface area contributed by atoms with Gasteiger partial charge in [0.25, 0.3) is 0 Å². The molecule has 1 aliphatic carbocycles. The van der Waals surface area contributed by atoms with Crippen LogP contribution < -0.4 is 0 Å². The number of Topliss-reactive ketones (excluding diaryl/α,β-unsaturated/α-hetero) is 1. The molecule has 86 valence electrons. The van der Waals surface area contributed by atoms with Crippen molar-refractivity contribution in [1.82, 2.24) is 0 Å². The van der Waals surface area contributed by atoms with Crippen LogP contribution in [0.25, 0.3) is 0 Å². The molecule has 0 spiro atoms. The summed E-state index contributed by atoms with van der Waals surface area (Å²) in [5.74, 6) is 0.0390. The van der Waals surface area contributed by atoms with Gasteiger partial charge in [-0.1, -0.05) is 38.1 Å². The molecular weight excluding hydrogens is 200 g/mol. The molecule has 1 N–H and O–H groups in total. The van der Waals surface area contributed by atoms with Gasteiger partial charge in [-0.2, -0.15) is 0 Å². The number of fused-ring (bicyclic) bond motifs is 1. The maximum atomic E-state index is 12.2. The topological polar surface area (TPSA) is 37.3 Å². The Morgan fingerprint density at radius 1 is 1.31 bits per heavy atom. The van der Waals surface area contributed by atoms with Crippen LogP contribution in [0, 0.1) is 11.8 Å². The lowest BCUT2D eigenvalue weighted by molar-refractivity contribution is 0.0461. The molecule has 2 rings (SSSR count). The highest BCUT2D eigenvalue weighted by Crippen LogP contribution is 2.29. The second kappa shape index (κ2) is 4.38. The number of aryl methyl sites for hydroxylation is 1. The minimum Gasteiger partial charge on any atom is -0.392 e. The number of aliphatic hydroxyl groups is 1. The molecule has 0 saturated heterocycles. The van der Waals surface area contributed by atoms with Crippen molar-refractivity contribution in [2.24, 2.45) is 11.8 Å². The summed E-state index contributed by atoms with van der Waals surface area (Å²) in [7, 11) is 0. The molecule has 0 heterocycles. The van der Waals surface area contributed by atoms with Gasteiger partial charge in [-0.3, -0.25) is 4.79 Å². The van der Waals surface area contributed by atoms with E-state index in [4.69, 9.17) is 0 Å². The zero-order chi connectivity index (χ0) is 11.7. The molecule has 0 aliphatic heterocycles. The number of hydrogen-bond acceptors (Lipinski definition) is 2. The van der Waals surface area contributed by atoms with Crippen molar-refractivity contribution in [3.05, 3.63) is 35.4 Å². The van der Waals surface area contributed by atoms with Crippen LogP contribution in [0.3, 0.4) is 0 Å². The third-order valence-corrected chi connectivity index (χ3v) is 3.44. The fraction of sp³-hybridized carbons (Fsp3) is 0.500. The monoisotopic (exact) mass is 218 g/mol. The largest absolute Gasteiger partial charge is 0.392 e. The Hall–Kier alpha value is -1.15. The lowest BCUT2D eigenvalue weighted by atomic mass is 9.77. The van der Waals surface area contributed by atoms with Gasteiger partial charge in [0.2, 0.25) is 0 Å². The Morgan fingerprint density at radius 2 is 2.00 bits per heavy atom. The number of benzene rings is 1. The molecule has 1 aliphatic rings. The molecule has 0 radical (unpaired) electrons. The van der Waals surface area contributed by atoms with Gasteiger partial charge < -0.3 is 5.11 Å². The van der Waals surface area contributed by atoms with E-state index in [0.29, 0.717) is 0 Å². The quantitative estimate of drug-likeness (QED) is 0.828. The first-order valence-corrected chi connectivity index (χ1v) is 5.91. The summed E-state index contributed by atoms with van der Waals surface area (Å²) in [4.78, 5) is 12.2. The van der Waals surface area contributed by atoms with Crippen LogP contribution in [0.4, 0.5) is 0 Å². The van der Waals surface area contributed by atoms with E-state index in [1.807, 2.05) is 38.1 Å². The van der Waals surface area contributed by atoms with Crippen LogP contribution in [0.5, 0.6) is 0 Å². The van der Waals surface area contributed by atoms with Crippen LogP contribution in [0.1, 0.15) is 36.2 Å². The van der Waals surface area contributed by atoms with Crippen molar-refractivity contribution >= 4 is 5.78 Å². The normalized spacial score (nSPS) is 22.0. The molecule has 0 aromatic heterocycles. The molecule has 2 atom stereocenters. The zero-order valence-corrected chi connectivity index (χ0v) is 9.81. The molecule has 0 amide bonds. The standard InChI is InChI=1S/C14H18O2/c1-9(2)13(15)12-8-7-10-5-3-4-6-11(10)14(12)16/h3-6,9,12-13,15H,7-8H2,1-2H3/t12-,13+/m1/s1. The Kier molecular flexibility index (Phi) is 3.10. The fourth-order valence-electron chi connectivity index (χ4n) is 2.41. The summed E-state index contributed by atoms with van der Waals surface area (Å²) >= 11 is 0. The minimum absolute atomic E-state index is 0.114. The van der Waals surface area contributed by atoms with E-state index in [2.05, 4.69) is 0 Å². The molecule has 2 nitrogen and oxygen atoms in total. The highest BCUT2D eigenvalue weighted by molar-refractivity contribution is 6.00. The van der Waals surface area contributed by atoms with E-state index in [0.717, 1.165) is 24.0 Å². The van der Waals surface area contributed by atoms with Crippen molar-refractivity contribution in [3.63, 3.8) is 0 Å². The average Bonchev–Trinajstić information content (AvgIpc) is 2.29. The molecule has 0 unspecified atom stereocenters. The van der Waals surface area contributed by atoms with Gasteiger partial charge in [0.15, 0.2) is 5.78 Å². The molecule has 2 heteroatoms. The maximum absolute atomic E-state index is 12.2. The van der Waals surface area contributed by atoms with Gasteiger partial charge in [-0.15, -0.1) is 0 Å². The molecule has 1 aromatic rings. The summed E-state index contributed by atoms with van der Waals surface area (Å²) in [6, 6.07) is 7.73. The Bertz CT molecular complexity index is 395. The molecular formula is C14H18O2. The zero-order valence-electron chi connectivity index (χ0n) is 9.81. The average molecular weight is 218 g/mol.